The van der Waals surface area contributed by atoms with Crippen molar-refractivity contribution in [3.63, 3.8) is 0 Å². The lowest BCUT2D eigenvalue weighted by atomic mass is 10.1. The molecule has 1 heterocycles. The molecular weight excluding hydrogens is 302 g/mol. The van der Waals surface area contributed by atoms with E-state index >= 15 is 0 Å². The lowest BCUT2D eigenvalue weighted by molar-refractivity contribution is 0.0491. The van der Waals surface area contributed by atoms with E-state index in [1.165, 1.54) is 0 Å². The summed E-state index contributed by atoms with van der Waals surface area (Å²) in [7, 11) is 0. The fourth-order valence-electron chi connectivity index (χ4n) is 2.06. The molecule has 0 fully saturated rings. The first-order chi connectivity index (χ1) is 10.2. The highest BCUT2D eigenvalue weighted by Crippen LogP contribution is 2.33. The molecule has 1 aromatic heterocycles. The first kappa shape index (κ1) is 16.6. The van der Waals surface area contributed by atoms with Gasteiger partial charge in [0.1, 0.15) is 5.58 Å². The number of fused-ring (bicyclic) bond motifs is 1. The Labute approximate surface area is 135 Å². The van der Waals surface area contributed by atoms with Gasteiger partial charge in [-0.1, -0.05) is 11.6 Å². The summed E-state index contributed by atoms with van der Waals surface area (Å²) in [6, 6.07) is 3.62. The van der Waals surface area contributed by atoms with Gasteiger partial charge in [0.05, 0.1) is 17.2 Å². The minimum Gasteiger partial charge on any atom is -0.460 e. The smallest absolute Gasteiger partial charge is 0.374 e. The molecule has 0 radical (unpaired) electrons. The highest BCUT2D eigenvalue weighted by Gasteiger charge is 2.21. The van der Waals surface area contributed by atoms with E-state index in [2.05, 4.69) is 4.99 Å². The Morgan fingerprint density at radius 1 is 1.41 bits per heavy atom. The molecule has 22 heavy (non-hydrogen) atoms. The zero-order valence-electron chi connectivity index (χ0n) is 13.5. The number of carbonyl (C=O) groups is 1. The summed E-state index contributed by atoms with van der Waals surface area (Å²) in [4.78, 5) is 16.4. The Balaban J connectivity index is 2.54. The van der Waals surface area contributed by atoms with Crippen molar-refractivity contribution in [2.24, 2.45) is 4.99 Å². The Morgan fingerprint density at radius 2 is 2.09 bits per heavy atom. The van der Waals surface area contributed by atoms with Crippen molar-refractivity contribution in [3.05, 3.63) is 34.0 Å². The second-order valence-electron chi connectivity index (χ2n) is 6.05. The molecule has 1 aromatic carbocycles. The molecule has 4 nitrogen and oxygen atoms in total. The zero-order chi connectivity index (χ0) is 16.5. The Kier molecular flexibility index (Phi) is 4.61. The maximum atomic E-state index is 11.9. The fraction of sp³-hybridized carbons (Fsp3) is 0.412. The van der Waals surface area contributed by atoms with Gasteiger partial charge in [-0.05, 0) is 46.8 Å². The predicted octanol–water partition coefficient (Wildman–Crippen LogP) is 4.79. The van der Waals surface area contributed by atoms with Gasteiger partial charge in [0.2, 0.25) is 5.76 Å². The average Bonchev–Trinajstić information content (AvgIpc) is 2.75. The van der Waals surface area contributed by atoms with Crippen molar-refractivity contribution >= 4 is 34.8 Å². The van der Waals surface area contributed by atoms with Gasteiger partial charge in [0.25, 0.3) is 0 Å². The number of esters is 1. The highest BCUT2D eigenvalue weighted by atomic mass is 35.5. The van der Waals surface area contributed by atoms with Crippen molar-refractivity contribution in [1.82, 2.24) is 0 Å². The van der Waals surface area contributed by atoms with E-state index < -0.39 is 5.97 Å². The molecule has 5 heteroatoms. The second-order valence-corrected chi connectivity index (χ2v) is 6.43. The summed E-state index contributed by atoms with van der Waals surface area (Å²) < 4.78 is 10.6. The normalized spacial score (nSPS) is 12.3. The largest absolute Gasteiger partial charge is 0.460 e. The molecular formula is C17H20ClNO3. The van der Waals surface area contributed by atoms with Crippen LogP contribution in [0.1, 0.15) is 49.4 Å². The number of furan rings is 1. The number of hydrogen-bond acceptors (Lipinski definition) is 4. The summed E-state index contributed by atoms with van der Waals surface area (Å²) in [6.45, 7) is 9.89. The van der Waals surface area contributed by atoms with E-state index in [-0.39, 0.29) is 11.3 Å². The van der Waals surface area contributed by atoms with E-state index in [1.54, 1.807) is 26.1 Å². The highest BCUT2D eigenvalue weighted by molar-refractivity contribution is 6.38. The quantitative estimate of drug-likeness (QED) is 0.603. The Morgan fingerprint density at radius 3 is 2.68 bits per heavy atom. The van der Waals surface area contributed by atoms with Crippen LogP contribution in [0.3, 0.4) is 0 Å². The van der Waals surface area contributed by atoms with Gasteiger partial charge >= 0.3 is 5.97 Å². The number of nitrogens with zero attached hydrogens (tertiary/aromatic N) is 1. The van der Waals surface area contributed by atoms with E-state index in [0.717, 1.165) is 10.9 Å². The molecule has 0 aliphatic heterocycles. The van der Waals surface area contributed by atoms with Crippen LogP contribution in [0.5, 0.6) is 0 Å². The van der Waals surface area contributed by atoms with Crippen LogP contribution in [0.2, 0.25) is 5.02 Å². The monoisotopic (exact) mass is 321 g/mol. The maximum Gasteiger partial charge on any atom is 0.374 e. The van der Waals surface area contributed by atoms with Crippen molar-refractivity contribution in [2.45, 2.75) is 40.2 Å². The summed E-state index contributed by atoms with van der Waals surface area (Å²) in [5.41, 5.74) is 1.87. The number of halogens is 1. The van der Waals surface area contributed by atoms with Crippen molar-refractivity contribution in [3.8, 4) is 0 Å². The molecule has 0 aliphatic carbocycles. The fourth-order valence-corrected chi connectivity index (χ4v) is 2.41. The topological polar surface area (TPSA) is 51.8 Å². The lowest BCUT2D eigenvalue weighted by Crippen LogP contribution is -2.09. The van der Waals surface area contributed by atoms with Crippen LogP contribution in [0.15, 0.2) is 21.5 Å². The number of carbonyl (C=O) groups excluding carboxylic acids is 1. The summed E-state index contributed by atoms with van der Waals surface area (Å²) >= 11 is 6.47. The Hall–Kier alpha value is -1.81. The summed E-state index contributed by atoms with van der Waals surface area (Å²) in [6.07, 6.45) is 1.75. The second kappa shape index (κ2) is 6.13. The van der Waals surface area contributed by atoms with Crippen LogP contribution in [0.4, 0.5) is 0 Å². The van der Waals surface area contributed by atoms with Crippen molar-refractivity contribution in [1.29, 1.82) is 0 Å². The predicted molar refractivity (Wildman–Crippen MR) is 89.3 cm³/mol. The van der Waals surface area contributed by atoms with Gasteiger partial charge in [-0.25, -0.2) is 4.79 Å². The van der Waals surface area contributed by atoms with E-state index in [9.17, 15) is 4.79 Å². The minimum absolute atomic E-state index is 0.181. The Bertz CT molecular complexity index is 738. The molecule has 0 bridgehead atoms. The molecule has 0 atom stereocenters. The van der Waals surface area contributed by atoms with Crippen LogP contribution in [0.25, 0.3) is 11.0 Å². The van der Waals surface area contributed by atoms with Crippen molar-refractivity contribution in [2.75, 3.05) is 6.61 Å². The first-order valence-electron chi connectivity index (χ1n) is 7.18. The molecule has 0 saturated carbocycles. The van der Waals surface area contributed by atoms with Crippen LogP contribution >= 0.6 is 11.6 Å². The number of aryl methyl sites for hydroxylation is 1. The number of benzene rings is 1. The summed E-state index contributed by atoms with van der Waals surface area (Å²) in [5, 5.41) is 1.25. The molecule has 0 aliphatic rings. The minimum atomic E-state index is -0.475. The van der Waals surface area contributed by atoms with E-state index in [0.29, 0.717) is 22.8 Å². The maximum absolute atomic E-state index is 11.9. The first-order valence-corrected chi connectivity index (χ1v) is 7.56. The van der Waals surface area contributed by atoms with Gasteiger partial charge in [-0.15, -0.1) is 0 Å². The third kappa shape index (κ3) is 3.33. The SMILES string of the molecule is CCOC(=O)c1oc2ccc(C=NC(C)(C)C)c(Cl)c2c1C. The third-order valence-corrected chi connectivity index (χ3v) is 3.52. The molecule has 0 unspecified atom stereocenters. The van der Waals surface area contributed by atoms with Crippen LogP contribution in [0, 0.1) is 6.92 Å². The van der Waals surface area contributed by atoms with E-state index in [1.807, 2.05) is 26.8 Å². The van der Waals surface area contributed by atoms with Crippen molar-refractivity contribution < 1.29 is 13.9 Å². The summed E-state index contributed by atoms with van der Waals surface area (Å²) in [5.74, 6) is -0.277. The number of rotatable bonds is 3. The molecule has 0 saturated heterocycles. The molecule has 2 rings (SSSR count). The van der Waals surface area contributed by atoms with Crippen LogP contribution in [-0.2, 0) is 4.74 Å². The average molecular weight is 322 g/mol. The van der Waals surface area contributed by atoms with Gasteiger partial charge in [0, 0.05) is 22.7 Å². The van der Waals surface area contributed by atoms with Gasteiger partial charge in [-0.3, -0.25) is 4.99 Å². The molecule has 0 spiro atoms. The molecule has 0 N–H and O–H groups in total. The lowest BCUT2D eigenvalue weighted by Gasteiger charge is -2.11. The number of ether oxygens (including phenoxy) is 1. The molecule has 2 aromatic rings. The van der Waals surface area contributed by atoms with Gasteiger partial charge in [0.15, 0.2) is 0 Å². The van der Waals surface area contributed by atoms with Gasteiger partial charge < -0.3 is 9.15 Å². The molecule has 118 valence electrons. The van der Waals surface area contributed by atoms with Gasteiger partial charge in [-0.2, -0.15) is 0 Å². The van der Waals surface area contributed by atoms with Crippen LogP contribution < -0.4 is 0 Å². The number of hydrogen-bond donors (Lipinski definition) is 0. The molecule has 0 amide bonds. The number of aliphatic imine (C=N–C) groups is 1. The van der Waals surface area contributed by atoms with E-state index in [4.69, 9.17) is 20.8 Å². The third-order valence-electron chi connectivity index (χ3n) is 3.11. The van der Waals surface area contributed by atoms with Crippen LogP contribution in [-0.4, -0.2) is 24.3 Å². The standard InChI is InChI=1S/C17H20ClNO3/c1-6-21-16(20)15-10(2)13-12(22-15)8-7-11(14(13)18)9-19-17(3,4)5/h7-9H,6H2,1-5H3. The zero-order valence-corrected chi connectivity index (χ0v) is 14.2.